The highest BCUT2D eigenvalue weighted by Gasteiger charge is 2.50. The minimum Gasteiger partial charge on any atom is -0.369 e. The Bertz CT molecular complexity index is 1010. The molecule has 6 nitrogen and oxygen atoms in total. The zero-order chi connectivity index (χ0) is 25.7. The van der Waals surface area contributed by atoms with E-state index in [9.17, 15) is 18.4 Å². The molecule has 4 fully saturated rings. The van der Waals surface area contributed by atoms with Crippen LogP contribution in [0.4, 0.5) is 14.5 Å². The lowest BCUT2D eigenvalue weighted by Gasteiger charge is -2.43. The molecule has 36 heavy (non-hydrogen) atoms. The van der Waals surface area contributed by atoms with Crippen molar-refractivity contribution < 1.29 is 18.4 Å². The quantitative estimate of drug-likeness (QED) is 0.534. The van der Waals surface area contributed by atoms with E-state index in [1.54, 1.807) is 17.0 Å². The molecule has 3 aliphatic heterocycles. The zero-order valence-electron chi connectivity index (χ0n) is 20.7. The van der Waals surface area contributed by atoms with E-state index in [-0.39, 0.29) is 18.2 Å². The highest BCUT2D eigenvalue weighted by molar-refractivity contribution is 6.42. The third kappa shape index (κ3) is 5.32. The fourth-order valence-corrected chi connectivity index (χ4v) is 6.40. The van der Waals surface area contributed by atoms with E-state index in [1.165, 1.54) is 24.2 Å². The predicted octanol–water partition coefficient (Wildman–Crippen LogP) is 4.39. The van der Waals surface area contributed by atoms with E-state index >= 15 is 0 Å². The Morgan fingerprint density at radius 1 is 1.08 bits per heavy atom. The summed E-state index contributed by atoms with van der Waals surface area (Å²) in [5.74, 6) is -2.70. The van der Waals surface area contributed by atoms with Crippen LogP contribution in [0.25, 0.3) is 0 Å². The first-order valence-electron chi connectivity index (χ1n) is 13.0. The number of anilines is 1. The third-order valence-corrected chi connectivity index (χ3v) is 9.47. The third-order valence-electron chi connectivity index (χ3n) is 8.73. The number of amides is 2. The molecule has 198 valence electrons. The van der Waals surface area contributed by atoms with Gasteiger partial charge in [-0.3, -0.25) is 9.59 Å². The van der Waals surface area contributed by atoms with Gasteiger partial charge < -0.3 is 19.6 Å². The largest absolute Gasteiger partial charge is 0.369 e. The molecule has 5 rings (SSSR count). The van der Waals surface area contributed by atoms with Gasteiger partial charge in [-0.05, 0) is 61.8 Å². The second-order valence-corrected chi connectivity index (χ2v) is 11.9. The van der Waals surface area contributed by atoms with Gasteiger partial charge in [0, 0.05) is 44.8 Å². The van der Waals surface area contributed by atoms with Gasteiger partial charge in [0.05, 0.1) is 23.1 Å². The highest BCUT2D eigenvalue weighted by Crippen LogP contribution is 2.56. The van der Waals surface area contributed by atoms with Crippen LogP contribution in [-0.2, 0) is 9.59 Å². The smallest absolute Gasteiger partial charge is 0.282 e. The van der Waals surface area contributed by atoms with Crippen molar-refractivity contribution in [3.8, 4) is 0 Å². The summed E-state index contributed by atoms with van der Waals surface area (Å²) in [4.78, 5) is 33.9. The zero-order valence-corrected chi connectivity index (χ0v) is 22.2. The van der Waals surface area contributed by atoms with Crippen LogP contribution in [0.5, 0.6) is 0 Å². The first kappa shape index (κ1) is 26.0. The molecular weight excluding hydrogens is 509 g/mol. The summed E-state index contributed by atoms with van der Waals surface area (Å²) in [6.45, 7) is 5.19. The van der Waals surface area contributed by atoms with Crippen molar-refractivity contribution >= 4 is 40.7 Å². The van der Waals surface area contributed by atoms with Gasteiger partial charge in [0.1, 0.15) is 6.04 Å². The standard InChI is InChI=1S/C26H34Cl2F2N4O2/c1-18-15-31(11-8-25(18)6-7-25)9-4-22(24(36)33-16-26(29,30)17-33)34-13-12-32(10-5-23(34)35)19-2-3-20(27)21(28)14-19/h2-3,14,18,22H,4-13,15-17H2,1H3/t18-,22+/m1/s1. The molecule has 1 spiro atoms. The maximum absolute atomic E-state index is 13.6. The monoisotopic (exact) mass is 542 g/mol. The molecule has 0 N–H and O–H groups in total. The van der Waals surface area contributed by atoms with Crippen LogP contribution in [0, 0.1) is 11.3 Å². The number of carbonyl (C=O) groups is 2. The number of rotatable bonds is 6. The Morgan fingerprint density at radius 2 is 1.83 bits per heavy atom. The molecule has 2 atom stereocenters. The van der Waals surface area contributed by atoms with Crippen LogP contribution in [0.1, 0.15) is 39.0 Å². The van der Waals surface area contributed by atoms with Crippen molar-refractivity contribution in [3.05, 3.63) is 28.2 Å². The average molecular weight is 543 g/mol. The van der Waals surface area contributed by atoms with Crippen molar-refractivity contribution in [1.29, 1.82) is 0 Å². The van der Waals surface area contributed by atoms with E-state index in [1.807, 2.05) is 6.07 Å². The van der Waals surface area contributed by atoms with Crippen LogP contribution in [0.3, 0.4) is 0 Å². The summed E-state index contributed by atoms with van der Waals surface area (Å²) < 4.78 is 27.2. The van der Waals surface area contributed by atoms with Crippen molar-refractivity contribution in [2.24, 2.45) is 11.3 Å². The minimum absolute atomic E-state index is 0.118. The van der Waals surface area contributed by atoms with Crippen LogP contribution in [0.2, 0.25) is 10.0 Å². The molecular formula is C26H34Cl2F2N4O2. The van der Waals surface area contributed by atoms with Crippen LogP contribution >= 0.6 is 23.2 Å². The average Bonchev–Trinajstić information content (AvgIpc) is 3.62. The number of halogens is 4. The highest BCUT2D eigenvalue weighted by atomic mass is 35.5. The normalized spacial score (nSPS) is 26.5. The summed E-state index contributed by atoms with van der Waals surface area (Å²) in [6.07, 6.45) is 4.49. The van der Waals surface area contributed by atoms with Gasteiger partial charge >= 0.3 is 0 Å². The topological polar surface area (TPSA) is 47.1 Å². The lowest BCUT2D eigenvalue weighted by Crippen LogP contribution is -2.63. The van der Waals surface area contributed by atoms with Gasteiger partial charge in [-0.2, -0.15) is 0 Å². The van der Waals surface area contributed by atoms with E-state index in [2.05, 4.69) is 16.7 Å². The molecule has 4 aliphatic rings. The second kappa shape index (κ2) is 9.91. The van der Waals surface area contributed by atoms with Gasteiger partial charge in [0.2, 0.25) is 11.8 Å². The fourth-order valence-electron chi connectivity index (χ4n) is 6.11. The molecule has 0 aromatic heterocycles. The molecule has 3 heterocycles. The Hall–Kier alpha value is -1.64. The molecule has 0 unspecified atom stereocenters. The van der Waals surface area contributed by atoms with Gasteiger partial charge in [0.25, 0.3) is 5.92 Å². The molecule has 2 amide bonds. The van der Waals surface area contributed by atoms with Crippen LogP contribution in [-0.4, -0.2) is 90.8 Å². The fraction of sp³-hybridized carbons (Fsp3) is 0.692. The minimum atomic E-state index is -2.84. The summed E-state index contributed by atoms with van der Waals surface area (Å²) >= 11 is 12.3. The second-order valence-electron chi connectivity index (χ2n) is 11.1. The number of benzene rings is 1. The summed E-state index contributed by atoms with van der Waals surface area (Å²) in [7, 11) is 0. The number of piperidine rings is 1. The molecule has 1 aromatic rings. The number of alkyl halides is 2. The predicted molar refractivity (Wildman–Crippen MR) is 137 cm³/mol. The van der Waals surface area contributed by atoms with E-state index in [0.29, 0.717) is 54.0 Å². The number of likely N-dealkylation sites (tertiary alicyclic amines) is 2. The molecule has 3 saturated heterocycles. The van der Waals surface area contributed by atoms with Crippen molar-refractivity contribution in [1.82, 2.24) is 14.7 Å². The Balaban J connectivity index is 1.28. The number of carbonyl (C=O) groups excluding carboxylic acids is 2. The van der Waals surface area contributed by atoms with E-state index in [0.717, 1.165) is 18.8 Å². The Labute approximate surface area is 221 Å². The SMILES string of the molecule is C[C@@H]1CN(CC[C@@H](C(=O)N2CC(F)(F)C2)N2CCN(c3ccc(Cl)c(Cl)c3)CCC2=O)CCC12CC2. The van der Waals surface area contributed by atoms with Crippen molar-refractivity contribution in [2.45, 2.75) is 51.0 Å². The van der Waals surface area contributed by atoms with Crippen LogP contribution in [0.15, 0.2) is 18.2 Å². The molecule has 0 bridgehead atoms. The van der Waals surface area contributed by atoms with Crippen molar-refractivity contribution in [3.63, 3.8) is 0 Å². The first-order valence-corrected chi connectivity index (χ1v) is 13.7. The van der Waals surface area contributed by atoms with E-state index < -0.39 is 25.1 Å². The number of nitrogens with zero attached hydrogens (tertiary/aromatic N) is 4. The number of hydrogen-bond acceptors (Lipinski definition) is 4. The maximum atomic E-state index is 13.6. The summed E-state index contributed by atoms with van der Waals surface area (Å²) in [5, 5.41) is 0.904. The molecule has 10 heteroatoms. The van der Waals surface area contributed by atoms with Crippen LogP contribution < -0.4 is 4.90 Å². The molecule has 1 aliphatic carbocycles. The molecule has 1 aromatic carbocycles. The Kier molecular flexibility index (Phi) is 7.16. The molecule has 1 saturated carbocycles. The van der Waals surface area contributed by atoms with Gasteiger partial charge in [-0.1, -0.05) is 30.1 Å². The van der Waals surface area contributed by atoms with Gasteiger partial charge in [-0.15, -0.1) is 0 Å². The summed E-state index contributed by atoms with van der Waals surface area (Å²) in [5.41, 5.74) is 1.38. The first-order chi connectivity index (χ1) is 17.1. The maximum Gasteiger partial charge on any atom is 0.282 e. The lowest BCUT2D eigenvalue weighted by molar-refractivity contribution is -0.172. The lowest BCUT2D eigenvalue weighted by atomic mass is 9.83. The summed E-state index contributed by atoms with van der Waals surface area (Å²) in [6, 6.07) is 4.64. The van der Waals surface area contributed by atoms with Gasteiger partial charge in [0.15, 0.2) is 0 Å². The van der Waals surface area contributed by atoms with Gasteiger partial charge in [-0.25, -0.2) is 8.78 Å². The Morgan fingerprint density at radius 3 is 2.47 bits per heavy atom. The molecule has 0 radical (unpaired) electrons. The van der Waals surface area contributed by atoms with E-state index in [4.69, 9.17) is 23.2 Å². The number of hydrogen-bond donors (Lipinski definition) is 0. The van der Waals surface area contributed by atoms with Crippen molar-refractivity contribution in [2.75, 3.05) is 57.3 Å².